The van der Waals surface area contributed by atoms with Gasteiger partial charge >= 0.3 is 0 Å². The number of amidine groups is 1. The quantitative estimate of drug-likeness (QED) is 0.277. The molecule has 0 bridgehead atoms. The van der Waals surface area contributed by atoms with Gasteiger partial charge in [-0.05, 0) is 19.8 Å². The summed E-state index contributed by atoms with van der Waals surface area (Å²) in [6, 6.07) is 1.87. The smallest absolute Gasteiger partial charge is 0.192 e. The van der Waals surface area contributed by atoms with Gasteiger partial charge in [-0.15, -0.1) is 0 Å². The van der Waals surface area contributed by atoms with Gasteiger partial charge < -0.3 is 10.4 Å². The Morgan fingerprint density at radius 2 is 2.40 bits per heavy atom. The van der Waals surface area contributed by atoms with Crippen LogP contribution in [0.4, 0.5) is 0 Å². The van der Waals surface area contributed by atoms with Gasteiger partial charge in [0.05, 0.1) is 11.6 Å². The summed E-state index contributed by atoms with van der Waals surface area (Å²) in [4.78, 5) is 18.9. The third-order valence-electron chi connectivity index (χ3n) is 2.31. The minimum atomic E-state index is -0.0661. The van der Waals surface area contributed by atoms with E-state index in [2.05, 4.69) is 15.4 Å². The van der Waals surface area contributed by atoms with E-state index in [0.717, 1.165) is 18.5 Å². The normalized spacial score (nSPS) is 16.5. The number of pyridine rings is 1. The standard InChI is InChI=1S/C10H14N4O/c1-6-4-9(15)8(5-12-6)10(14-11)13-7-2-3-7/h4-5,7H,2-3,11H2,1H3,(H,12,15)(H,13,14). The molecule has 0 aliphatic heterocycles. The van der Waals surface area contributed by atoms with Gasteiger partial charge in [0, 0.05) is 18.0 Å². The molecule has 80 valence electrons. The van der Waals surface area contributed by atoms with Crippen molar-refractivity contribution in [3.05, 3.63) is 33.7 Å². The monoisotopic (exact) mass is 206 g/mol. The van der Waals surface area contributed by atoms with E-state index in [0.29, 0.717) is 17.4 Å². The number of rotatable bonds is 2. The Morgan fingerprint density at radius 3 is 2.93 bits per heavy atom. The summed E-state index contributed by atoms with van der Waals surface area (Å²) in [6.07, 6.45) is 3.79. The largest absolute Gasteiger partial charge is 0.364 e. The number of nitrogens with zero attached hydrogens (tertiary/aromatic N) is 1. The predicted octanol–water partition coefficient (Wildman–Crippen LogP) is 0.0556. The van der Waals surface area contributed by atoms with Crippen molar-refractivity contribution in [1.82, 2.24) is 10.4 Å². The fourth-order valence-electron chi connectivity index (χ4n) is 1.33. The van der Waals surface area contributed by atoms with Crippen LogP contribution in [0.2, 0.25) is 0 Å². The molecular weight excluding hydrogens is 192 g/mol. The maximum atomic E-state index is 11.6. The second kappa shape index (κ2) is 3.86. The van der Waals surface area contributed by atoms with Gasteiger partial charge in [-0.3, -0.25) is 9.79 Å². The van der Waals surface area contributed by atoms with E-state index < -0.39 is 0 Å². The highest BCUT2D eigenvalue weighted by Crippen LogP contribution is 2.23. The minimum absolute atomic E-state index is 0.0661. The molecule has 5 nitrogen and oxygen atoms in total. The summed E-state index contributed by atoms with van der Waals surface area (Å²) >= 11 is 0. The summed E-state index contributed by atoms with van der Waals surface area (Å²) in [5.41, 5.74) is 3.73. The molecule has 1 heterocycles. The lowest BCUT2D eigenvalue weighted by molar-refractivity contribution is 0.966. The second-order valence-corrected chi connectivity index (χ2v) is 3.75. The van der Waals surface area contributed by atoms with Gasteiger partial charge in [0.1, 0.15) is 5.84 Å². The fraction of sp³-hybridized carbons (Fsp3) is 0.400. The number of hydrazine groups is 1. The van der Waals surface area contributed by atoms with Crippen molar-refractivity contribution < 1.29 is 0 Å². The Bertz CT molecular complexity index is 445. The fourth-order valence-corrected chi connectivity index (χ4v) is 1.33. The van der Waals surface area contributed by atoms with Gasteiger partial charge in [0.15, 0.2) is 5.43 Å². The van der Waals surface area contributed by atoms with Crippen LogP contribution in [0.3, 0.4) is 0 Å². The van der Waals surface area contributed by atoms with E-state index in [1.54, 1.807) is 6.20 Å². The summed E-state index contributed by atoms with van der Waals surface area (Å²) in [5.74, 6) is 5.83. The van der Waals surface area contributed by atoms with Crippen LogP contribution < -0.4 is 16.7 Å². The first-order valence-electron chi connectivity index (χ1n) is 4.95. The Kier molecular flexibility index (Phi) is 2.55. The minimum Gasteiger partial charge on any atom is -0.364 e. The molecule has 0 unspecified atom stereocenters. The maximum absolute atomic E-state index is 11.6. The number of hydrogen-bond acceptors (Lipinski definition) is 3. The van der Waals surface area contributed by atoms with Crippen LogP contribution in [-0.4, -0.2) is 16.9 Å². The van der Waals surface area contributed by atoms with Crippen molar-refractivity contribution in [2.45, 2.75) is 25.8 Å². The molecule has 15 heavy (non-hydrogen) atoms. The first-order chi connectivity index (χ1) is 7.20. The third kappa shape index (κ3) is 2.24. The molecule has 1 aliphatic rings. The van der Waals surface area contributed by atoms with E-state index in [4.69, 9.17) is 5.84 Å². The number of aliphatic imine (C=N–C) groups is 1. The van der Waals surface area contributed by atoms with Crippen LogP contribution >= 0.6 is 0 Å². The number of aryl methyl sites for hydroxylation is 1. The van der Waals surface area contributed by atoms with Crippen LogP contribution in [0.25, 0.3) is 0 Å². The highest BCUT2D eigenvalue weighted by atomic mass is 16.1. The van der Waals surface area contributed by atoms with Crippen molar-refractivity contribution in [3.8, 4) is 0 Å². The number of aromatic amines is 1. The van der Waals surface area contributed by atoms with Crippen molar-refractivity contribution in [1.29, 1.82) is 0 Å². The molecule has 0 radical (unpaired) electrons. The van der Waals surface area contributed by atoms with Crippen LogP contribution in [0.1, 0.15) is 24.1 Å². The van der Waals surface area contributed by atoms with Crippen molar-refractivity contribution in [3.63, 3.8) is 0 Å². The van der Waals surface area contributed by atoms with E-state index >= 15 is 0 Å². The molecule has 0 spiro atoms. The lowest BCUT2D eigenvalue weighted by Crippen LogP contribution is -2.35. The molecule has 0 atom stereocenters. The van der Waals surface area contributed by atoms with Crippen molar-refractivity contribution >= 4 is 5.84 Å². The molecule has 0 saturated heterocycles. The second-order valence-electron chi connectivity index (χ2n) is 3.75. The number of nitrogens with one attached hydrogen (secondary N) is 2. The van der Waals surface area contributed by atoms with Crippen LogP contribution in [-0.2, 0) is 0 Å². The van der Waals surface area contributed by atoms with Crippen LogP contribution in [0.15, 0.2) is 22.1 Å². The number of aromatic nitrogens is 1. The topological polar surface area (TPSA) is 83.3 Å². The zero-order valence-electron chi connectivity index (χ0n) is 8.58. The maximum Gasteiger partial charge on any atom is 0.192 e. The molecule has 1 saturated carbocycles. The van der Waals surface area contributed by atoms with Gasteiger partial charge in [0.2, 0.25) is 0 Å². The molecule has 0 aromatic carbocycles. The van der Waals surface area contributed by atoms with E-state index in [9.17, 15) is 4.79 Å². The Balaban J connectivity index is 2.37. The first-order valence-corrected chi connectivity index (χ1v) is 4.95. The number of nitrogens with two attached hydrogens (primary N) is 1. The lowest BCUT2D eigenvalue weighted by Gasteiger charge is -2.04. The highest BCUT2D eigenvalue weighted by Gasteiger charge is 2.21. The van der Waals surface area contributed by atoms with Crippen LogP contribution in [0.5, 0.6) is 0 Å². The first kappa shape index (κ1) is 9.92. The summed E-state index contributed by atoms with van der Waals surface area (Å²) in [5, 5.41) is 0. The lowest BCUT2D eigenvalue weighted by atomic mass is 10.2. The summed E-state index contributed by atoms with van der Waals surface area (Å²) in [7, 11) is 0. The van der Waals surface area contributed by atoms with E-state index in [1.165, 1.54) is 6.07 Å². The molecule has 2 rings (SSSR count). The SMILES string of the molecule is Cc1cc(=O)c(C(=NC2CC2)NN)c[nH]1. The highest BCUT2D eigenvalue weighted by molar-refractivity contribution is 5.98. The van der Waals surface area contributed by atoms with E-state index in [1.807, 2.05) is 6.92 Å². The van der Waals surface area contributed by atoms with Gasteiger partial charge in [-0.25, -0.2) is 5.84 Å². The van der Waals surface area contributed by atoms with E-state index in [-0.39, 0.29) is 5.43 Å². The summed E-state index contributed by atoms with van der Waals surface area (Å²) in [6.45, 7) is 1.83. The molecular formula is C10H14N4O. The van der Waals surface area contributed by atoms with Gasteiger partial charge in [0.25, 0.3) is 0 Å². The van der Waals surface area contributed by atoms with Crippen LogP contribution in [0, 0.1) is 6.92 Å². The molecule has 1 aromatic heterocycles. The molecule has 1 fully saturated rings. The Labute approximate surface area is 87.4 Å². The molecule has 1 aliphatic carbocycles. The average molecular weight is 206 g/mol. The zero-order chi connectivity index (χ0) is 10.8. The Hall–Kier alpha value is -1.62. The van der Waals surface area contributed by atoms with Crippen molar-refractivity contribution in [2.24, 2.45) is 10.8 Å². The number of H-pyrrole nitrogens is 1. The number of hydrogen-bond donors (Lipinski definition) is 3. The predicted molar refractivity (Wildman–Crippen MR) is 58.7 cm³/mol. The Morgan fingerprint density at radius 1 is 1.67 bits per heavy atom. The molecule has 0 amide bonds. The van der Waals surface area contributed by atoms with Gasteiger partial charge in [-0.2, -0.15) is 0 Å². The molecule has 5 heteroatoms. The zero-order valence-corrected chi connectivity index (χ0v) is 8.58. The molecule has 4 N–H and O–H groups in total. The summed E-state index contributed by atoms with van der Waals surface area (Å²) < 4.78 is 0. The van der Waals surface area contributed by atoms with Crippen molar-refractivity contribution in [2.75, 3.05) is 0 Å². The molecule has 1 aromatic rings. The third-order valence-corrected chi connectivity index (χ3v) is 2.31. The van der Waals surface area contributed by atoms with Gasteiger partial charge in [-0.1, -0.05) is 0 Å². The average Bonchev–Trinajstić information content (AvgIpc) is 2.99.